The number of anilines is 1. The first-order chi connectivity index (χ1) is 15.0. The number of nitrogens with zero attached hydrogens (tertiary/aromatic N) is 1. The molecule has 3 aromatic rings. The lowest BCUT2D eigenvalue weighted by Gasteiger charge is -2.55. The number of aliphatic hydroxyl groups excluding tert-OH is 1. The zero-order valence-corrected chi connectivity index (χ0v) is 18.4. The van der Waals surface area contributed by atoms with Crippen LogP contribution >= 0.6 is 15.9 Å². The average Bonchev–Trinajstić information content (AvgIpc) is 3.04. The van der Waals surface area contributed by atoms with Crippen LogP contribution in [-0.2, 0) is 15.0 Å². The lowest BCUT2D eigenvalue weighted by atomic mass is 9.46. The van der Waals surface area contributed by atoms with Gasteiger partial charge in [0, 0.05) is 10.4 Å². The number of aliphatic hydroxyl groups is 1. The van der Waals surface area contributed by atoms with Gasteiger partial charge in [-0.15, -0.1) is 0 Å². The van der Waals surface area contributed by atoms with E-state index < -0.39 is 23.4 Å². The molecule has 1 fully saturated rings. The van der Waals surface area contributed by atoms with Gasteiger partial charge in [0.25, 0.3) is 0 Å². The van der Waals surface area contributed by atoms with E-state index in [-0.39, 0.29) is 17.7 Å². The fraction of sp³-hybridized carbons (Fsp3) is 0.231. The Hall–Kier alpha value is -2.76. The Kier molecular flexibility index (Phi) is 3.90. The molecule has 31 heavy (non-hydrogen) atoms. The molecule has 1 N–H and O–H groups in total. The van der Waals surface area contributed by atoms with Crippen molar-refractivity contribution < 1.29 is 14.7 Å². The summed E-state index contributed by atoms with van der Waals surface area (Å²) in [6, 6.07) is 23.2. The maximum Gasteiger partial charge on any atom is 0.239 e. The summed E-state index contributed by atoms with van der Waals surface area (Å²) in [5.41, 5.74) is 3.62. The predicted molar refractivity (Wildman–Crippen MR) is 121 cm³/mol. The third kappa shape index (κ3) is 2.18. The van der Waals surface area contributed by atoms with E-state index in [2.05, 4.69) is 15.9 Å². The maximum atomic E-state index is 14.0. The normalized spacial score (nSPS) is 28.9. The third-order valence-corrected chi connectivity index (χ3v) is 7.90. The molecule has 0 saturated carbocycles. The van der Waals surface area contributed by atoms with Crippen LogP contribution in [0.25, 0.3) is 0 Å². The molecule has 4 aliphatic rings. The summed E-state index contributed by atoms with van der Waals surface area (Å²) in [7, 11) is 0. The van der Waals surface area contributed by atoms with Crippen molar-refractivity contribution >= 4 is 33.4 Å². The minimum absolute atomic E-state index is 0.188. The molecule has 0 unspecified atom stereocenters. The number of halogens is 1. The number of hydrogen-bond donors (Lipinski definition) is 1. The summed E-state index contributed by atoms with van der Waals surface area (Å²) in [5.74, 6) is -1.80. The number of benzene rings is 3. The largest absolute Gasteiger partial charge is 0.392 e. The molecule has 0 spiro atoms. The summed E-state index contributed by atoms with van der Waals surface area (Å²) in [6.45, 7) is 1.75. The molecule has 1 aliphatic heterocycles. The average molecular weight is 474 g/mol. The van der Waals surface area contributed by atoms with Crippen LogP contribution in [0, 0.1) is 11.8 Å². The van der Waals surface area contributed by atoms with Crippen molar-refractivity contribution in [1.29, 1.82) is 0 Å². The van der Waals surface area contributed by atoms with Gasteiger partial charge in [-0.2, -0.15) is 0 Å². The molecule has 5 heteroatoms. The van der Waals surface area contributed by atoms with E-state index in [1.807, 2.05) is 60.7 Å². The number of carbonyl (C=O) groups excluding carboxylic acids is 2. The lowest BCUT2D eigenvalue weighted by molar-refractivity contribution is -0.126. The fourth-order valence-electron chi connectivity index (χ4n) is 6.41. The van der Waals surface area contributed by atoms with Crippen molar-refractivity contribution in [3.05, 3.63) is 99.5 Å². The summed E-state index contributed by atoms with van der Waals surface area (Å²) in [4.78, 5) is 29.1. The van der Waals surface area contributed by atoms with Gasteiger partial charge < -0.3 is 5.11 Å². The minimum atomic E-state index is -0.958. The molecule has 3 aliphatic carbocycles. The summed E-state index contributed by atoms with van der Waals surface area (Å²) in [5, 5.41) is 11.3. The first-order valence-electron chi connectivity index (χ1n) is 10.5. The number of hydrogen-bond acceptors (Lipinski definition) is 3. The standard InChI is InChI=1S/C26H20BrNO3/c1-14(29)26-19-11-4-2-9-17(19)21(18-10-3-5-12-20(18)26)22-23(26)25(31)28(24(22)30)16-8-6-7-15(27)13-16/h2-14,21-23,29H,1H3/t14-,21?,22+,23-,26?/m0/s1. The van der Waals surface area contributed by atoms with Crippen molar-refractivity contribution in [1.82, 2.24) is 0 Å². The molecule has 4 nitrogen and oxygen atoms in total. The smallest absolute Gasteiger partial charge is 0.239 e. The van der Waals surface area contributed by atoms with Gasteiger partial charge in [-0.25, -0.2) is 4.90 Å². The Balaban J connectivity index is 1.67. The second kappa shape index (κ2) is 6.38. The van der Waals surface area contributed by atoms with E-state index in [1.165, 1.54) is 4.90 Å². The molecule has 2 bridgehead atoms. The zero-order valence-electron chi connectivity index (χ0n) is 16.8. The highest BCUT2D eigenvalue weighted by atomic mass is 79.9. The number of rotatable bonds is 2. The van der Waals surface area contributed by atoms with Crippen molar-refractivity contribution in [2.24, 2.45) is 11.8 Å². The molecular formula is C26H20BrNO3. The van der Waals surface area contributed by atoms with Gasteiger partial charge in [0.1, 0.15) is 0 Å². The van der Waals surface area contributed by atoms with E-state index in [4.69, 9.17) is 0 Å². The van der Waals surface area contributed by atoms with Crippen LogP contribution in [0.2, 0.25) is 0 Å². The first-order valence-corrected chi connectivity index (χ1v) is 11.3. The molecule has 0 aromatic heterocycles. The van der Waals surface area contributed by atoms with Crippen molar-refractivity contribution in [2.75, 3.05) is 4.90 Å². The fourth-order valence-corrected chi connectivity index (χ4v) is 6.80. The van der Waals surface area contributed by atoms with Gasteiger partial charge in [-0.05, 0) is 47.4 Å². The summed E-state index contributed by atoms with van der Waals surface area (Å²) >= 11 is 3.45. The van der Waals surface area contributed by atoms with Gasteiger partial charge in [0.05, 0.1) is 29.0 Å². The molecule has 0 radical (unpaired) electrons. The highest BCUT2D eigenvalue weighted by molar-refractivity contribution is 9.10. The van der Waals surface area contributed by atoms with Crippen molar-refractivity contribution in [3.63, 3.8) is 0 Å². The Bertz CT molecular complexity index is 1220. The highest BCUT2D eigenvalue weighted by Gasteiger charge is 2.69. The van der Waals surface area contributed by atoms with Crippen molar-refractivity contribution in [2.45, 2.75) is 24.4 Å². The molecule has 154 valence electrons. The van der Waals surface area contributed by atoms with E-state index in [0.717, 1.165) is 26.7 Å². The lowest BCUT2D eigenvalue weighted by Crippen LogP contribution is -2.58. The van der Waals surface area contributed by atoms with Gasteiger partial charge in [-0.3, -0.25) is 9.59 Å². The monoisotopic (exact) mass is 473 g/mol. The minimum Gasteiger partial charge on any atom is -0.392 e. The zero-order chi connectivity index (χ0) is 21.5. The third-order valence-electron chi connectivity index (χ3n) is 7.41. The van der Waals surface area contributed by atoms with Crippen molar-refractivity contribution in [3.8, 4) is 0 Å². The second-order valence-corrected chi connectivity index (χ2v) is 9.61. The number of carbonyl (C=O) groups is 2. The molecule has 2 amide bonds. The first kappa shape index (κ1) is 19.0. The van der Waals surface area contributed by atoms with Gasteiger partial charge in [-0.1, -0.05) is 70.5 Å². The molecule has 3 aromatic carbocycles. The molecular weight excluding hydrogens is 454 g/mol. The van der Waals surface area contributed by atoms with Crippen LogP contribution < -0.4 is 4.90 Å². The quantitative estimate of drug-likeness (QED) is 0.561. The number of amides is 2. The molecule has 7 rings (SSSR count). The SMILES string of the molecule is C[C@H](O)C12c3ccccc3C(c3ccccc31)[C@H]1C(=O)N(c3cccc(Br)c3)C(=O)[C@H]12. The van der Waals surface area contributed by atoms with Gasteiger partial charge in [0.2, 0.25) is 11.8 Å². The highest BCUT2D eigenvalue weighted by Crippen LogP contribution is 2.65. The van der Waals surface area contributed by atoms with Crippen LogP contribution in [0.5, 0.6) is 0 Å². The number of imide groups is 1. The summed E-state index contributed by atoms with van der Waals surface area (Å²) in [6.07, 6.45) is -0.845. The van der Waals surface area contributed by atoms with Gasteiger partial charge in [0.15, 0.2) is 0 Å². The van der Waals surface area contributed by atoms with Crippen LogP contribution in [-0.4, -0.2) is 23.0 Å². The van der Waals surface area contributed by atoms with E-state index in [0.29, 0.717) is 5.69 Å². The van der Waals surface area contributed by atoms with Crippen LogP contribution in [0.1, 0.15) is 35.1 Å². The van der Waals surface area contributed by atoms with E-state index in [1.54, 1.807) is 19.1 Å². The topological polar surface area (TPSA) is 57.6 Å². The molecule has 1 heterocycles. The maximum absolute atomic E-state index is 14.0. The molecule has 1 saturated heterocycles. The Morgan fingerprint density at radius 2 is 1.52 bits per heavy atom. The Morgan fingerprint density at radius 1 is 0.903 bits per heavy atom. The van der Waals surface area contributed by atoms with E-state index >= 15 is 0 Å². The summed E-state index contributed by atoms with van der Waals surface area (Å²) < 4.78 is 0.806. The Labute approximate surface area is 188 Å². The van der Waals surface area contributed by atoms with Crippen LogP contribution in [0.3, 0.4) is 0 Å². The second-order valence-electron chi connectivity index (χ2n) is 8.69. The van der Waals surface area contributed by atoms with Crippen LogP contribution in [0.15, 0.2) is 77.3 Å². The molecule has 3 atom stereocenters. The Morgan fingerprint density at radius 3 is 2.10 bits per heavy atom. The van der Waals surface area contributed by atoms with E-state index in [9.17, 15) is 14.7 Å². The van der Waals surface area contributed by atoms with Gasteiger partial charge >= 0.3 is 0 Å². The van der Waals surface area contributed by atoms with Crippen LogP contribution in [0.4, 0.5) is 5.69 Å². The predicted octanol–water partition coefficient (Wildman–Crippen LogP) is 4.38.